The Morgan fingerprint density at radius 1 is 0.837 bits per heavy atom. The SMILES string of the molecule is COc1cc(Nc2cc(Oc3ccc(NC(=O)Nc4cc(C(C)(C)C)cc(NS(C)=O)c4OC)c4ccccc34)ccn2)cnc1C(=O)O. The zero-order chi connectivity index (χ0) is 35.3. The fourth-order valence-electron chi connectivity index (χ4n) is 5.00. The fraction of sp³-hybridized carbons (Fsp3) is 0.200. The van der Waals surface area contributed by atoms with E-state index in [1.807, 2.05) is 57.2 Å². The summed E-state index contributed by atoms with van der Waals surface area (Å²) in [7, 11) is 1.49. The van der Waals surface area contributed by atoms with Crippen molar-refractivity contribution in [3.63, 3.8) is 0 Å². The number of urea groups is 1. The lowest BCUT2D eigenvalue weighted by molar-refractivity contribution is 0.0686. The number of pyridine rings is 2. The molecule has 0 radical (unpaired) electrons. The van der Waals surface area contributed by atoms with Gasteiger partial charge in [0.25, 0.3) is 0 Å². The Morgan fingerprint density at radius 2 is 1.55 bits per heavy atom. The first-order chi connectivity index (χ1) is 23.4. The highest BCUT2D eigenvalue weighted by molar-refractivity contribution is 7.85. The maximum atomic E-state index is 13.4. The number of carboxylic acid groups (broad SMARTS) is 1. The van der Waals surface area contributed by atoms with E-state index in [9.17, 15) is 18.9 Å². The van der Waals surface area contributed by atoms with E-state index < -0.39 is 23.0 Å². The molecule has 2 amide bonds. The van der Waals surface area contributed by atoms with Crippen molar-refractivity contribution in [1.82, 2.24) is 9.97 Å². The van der Waals surface area contributed by atoms with Gasteiger partial charge in [0.2, 0.25) is 0 Å². The van der Waals surface area contributed by atoms with Crippen molar-refractivity contribution in [3.8, 4) is 23.0 Å². The van der Waals surface area contributed by atoms with Crippen molar-refractivity contribution in [2.45, 2.75) is 26.2 Å². The van der Waals surface area contributed by atoms with Crippen molar-refractivity contribution >= 4 is 62.3 Å². The van der Waals surface area contributed by atoms with E-state index in [4.69, 9.17) is 14.2 Å². The highest BCUT2D eigenvalue weighted by atomic mass is 32.2. The van der Waals surface area contributed by atoms with Gasteiger partial charge in [0.15, 0.2) is 17.2 Å². The maximum Gasteiger partial charge on any atom is 0.358 e. The number of amides is 2. The smallest absolute Gasteiger partial charge is 0.358 e. The molecule has 1 unspecified atom stereocenters. The monoisotopic (exact) mass is 684 g/mol. The van der Waals surface area contributed by atoms with E-state index in [1.165, 1.54) is 32.7 Å². The van der Waals surface area contributed by atoms with Crippen LogP contribution in [0.5, 0.6) is 23.0 Å². The average molecular weight is 685 g/mol. The molecule has 49 heavy (non-hydrogen) atoms. The highest BCUT2D eigenvalue weighted by Crippen LogP contribution is 2.40. The number of nitrogens with one attached hydrogen (secondary N) is 4. The summed E-state index contributed by atoms with van der Waals surface area (Å²) in [5.74, 6) is 0.703. The first-order valence-electron chi connectivity index (χ1n) is 15.0. The van der Waals surface area contributed by atoms with Gasteiger partial charge in [-0.1, -0.05) is 45.0 Å². The second-order valence-corrected chi connectivity index (χ2v) is 12.9. The van der Waals surface area contributed by atoms with Crippen LogP contribution in [0.1, 0.15) is 36.8 Å². The molecule has 254 valence electrons. The second-order valence-electron chi connectivity index (χ2n) is 11.8. The largest absolute Gasteiger partial charge is 0.494 e. The van der Waals surface area contributed by atoms with Crippen molar-refractivity contribution in [2.75, 3.05) is 41.1 Å². The molecule has 2 heterocycles. The predicted octanol–water partition coefficient (Wildman–Crippen LogP) is 7.53. The van der Waals surface area contributed by atoms with Crippen molar-refractivity contribution in [3.05, 3.63) is 90.4 Å². The van der Waals surface area contributed by atoms with Crippen LogP contribution < -0.4 is 34.9 Å². The van der Waals surface area contributed by atoms with Crippen LogP contribution in [0, 0.1) is 0 Å². The summed E-state index contributed by atoms with van der Waals surface area (Å²) in [6, 6.07) is 19.1. The summed E-state index contributed by atoms with van der Waals surface area (Å²) in [4.78, 5) is 33.1. The maximum absolute atomic E-state index is 13.4. The van der Waals surface area contributed by atoms with Gasteiger partial charge in [-0.25, -0.2) is 23.8 Å². The molecule has 1 atom stereocenters. The van der Waals surface area contributed by atoms with Crippen molar-refractivity contribution in [1.29, 1.82) is 0 Å². The van der Waals surface area contributed by atoms with Gasteiger partial charge in [0.05, 0.1) is 43.2 Å². The quantitative estimate of drug-likeness (QED) is 0.0936. The van der Waals surface area contributed by atoms with E-state index in [0.29, 0.717) is 45.8 Å². The minimum atomic E-state index is -1.37. The number of hydrogen-bond donors (Lipinski definition) is 5. The number of aromatic nitrogens is 2. The molecule has 0 aliphatic rings. The number of hydrogen-bond acceptors (Lipinski definition) is 9. The van der Waals surface area contributed by atoms with Crippen LogP contribution in [0.3, 0.4) is 0 Å². The van der Waals surface area contributed by atoms with Crippen LogP contribution in [0.25, 0.3) is 10.8 Å². The van der Waals surface area contributed by atoms with Gasteiger partial charge in [-0.05, 0) is 41.3 Å². The summed E-state index contributed by atoms with van der Waals surface area (Å²) < 4.78 is 32.0. The van der Waals surface area contributed by atoms with E-state index >= 15 is 0 Å². The third-order valence-electron chi connectivity index (χ3n) is 7.30. The number of aromatic carboxylic acids is 1. The molecule has 0 saturated heterocycles. The van der Waals surface area contributed by atoms with Crippen molar-refractivity contribution < 1.29 is 33.1 Å². The normalized spacial score (nSPS) is 11.7. The number of nitrogens with zero attached hydrogens (tertiary/aromatic N) is 2. The molecule has 14 heteroatoms. The Morgan fingerprint density at radius 3 is 2.22 bits per heavy atom. The van der Waals surface area contributed by atoms with Gasteiger partial charge in [-0.3, -0.25) is 0 Å². The molecule has 13 nitrogen and oxygen atoms in total. The predicted molar refractivity (Wildman–Crippen MR) is 191 cm³/mol. The van der Waals surface area contributed by atoms with Crippen LogP contribution in [0.15, 0.2) is 79.1 Å². The topological polar surface area (TPSA) is 173 Å². The molecule has 0 aliphatic heterocycles. The first kappa shape index (κ1) is 34.4. The Balaban J connectivity index is 1.38. The van der Waals surface area contributed by atoms with Gasteiger partial charge in [0.1, 0.15) is 28.3 Å². The fourth-order valence-corrected chi connectivity index (χ4v) is 5.46. The molecule has 2 aromatic heterocycles. The molecule has 5 aromatic rings. The zero-order valence-corrected chi connectivity index (χ0v) is 28.5. The third-order valence-corrected chi connectivity index (χ3v) is 7.81. The van der Waals surface area contributed by atoms with E-state index in [2.05, 4.69) is 30.6 Å². The van der Waals surface area contributed by atoms with Crippen LogP contribution in [0.4, 0.5) is 33.4 Å². The number of carbonyl (C=O) groups is 2. The molecule has 0 bridgehead atoms. The Labute approximate surface area is 285 Å². The van der Waals surface area contributed by atoms with E-state index in [1.54, 1.807) is 30.5 Å². The molecule has 3 aromatic carbocycles. The molecular weight excluding hydrogens is 648 g/mol. The number of rotatable bonds is 11. The summed E-state index contributed by atoms with van der Waals surface area (Å²) in [6.45, 7) is 6.13. The minimum Gasteiger partial charge on any atom is -0.494 e. The number of anilines is 5. The number of fused-ring (bicyclic) bond motifs is 1. The van der Waals surface area contributed by atoms with Gasteiger partial charge < -0.3 is 40.0 Å². The van der Waals surface area contributed by atoms with Gasteiger partial charge >= 0.3 is 12.0 Å². The minimum absolute atomic E-state index is 0.104. The summed E-state index contributed by atoms with van der Waals surface area (Å²) >= 11 is 0. The number of carboxylic acids is 1. The first-order valence-corrected chi connectivity index (χ1v) is 16.5. The van der Waals surface area contributed by atoms with Gasteiger partial charge in [0, 0.05) is 35.4 Å². The molecular formula is C35H36N6O7S. The molecule has 0 saturated carbocycles. The van der Waals surface area contributed by atoms with Crippen LogP contribution in [0.2, 0.25) is 0 Å². The van der Waals surface area contributed by atoms with E-state index in [0.717, 1.165) is 16.3 Å². The van der Waals surface area contributed by atoms with Crippen molar-refractivity contribution in [2.24, 2.45) is 0 Å². The van der Waals surface area contributed by atoms with E-state index in [-0.39, 0.29) is 16.9 Å². The van der Waals surface area contributed by atoms with Crippen LogP contribution in [-0.2, 0) is 16.4 Å². The number of benzene rings is 3. The molecule has 0 aliphatic carbocycles. The Kier molecular flexibility index (Phi) is 10.2. The zero-order valence-electron chi connectivity index (χ0n) is 27.7. The third kappa shape index (κ3) is 8.16. The standard InChI is InChI=1S/C35H36N6O7S/c1-35(2,3)20-15-26(32(47-5)27(16-20)41-49(6)45)40-34(44)39-25-11-12-28(24-10-8-7-9-23(24)25)48-22-13-14-36-30(18-22)38-21-17-29(46-4)31(33(42)43)37-19-21/h7-19,41H,1-6H3,(H,36,38)(H,42,43)(H2,39,40,44). The Hall–Kier alpha value is -5.89. The lowest BCUT2D eigenvalue weighted by Crippen LogP contribution is -2.21. The van der Waals surface area contributed by atoms with Gasteiger partial charge in [-0.2, -0.15) is 0 Å². The summed E-state index contributed by atoms with van der Waals surface area (Å²) in [5.41, 5.74) is 2.38. The molecule has 0 spiro atoms. The lowest BCUT2D eigenvalue weighted by atomic mass is 9.86. The molecule has 5 N–H and O–H groups in total. The van der Waals surface area contributed by atoms with Crippen LogP contribution in [-0.4, -0.2) is 51.8 Å². The molecule has 5 rings (SSSR count). The Bertz CT molecular complexity index is 2070. The van der Waals surface area contributed by atoms with Gasteiger partial charge in [-0.15, -0.1) is 0 Å². The summed E-state index contributed by atoms with van der Waals surface area (Å²) in [6.07, 6.45) is 4.46. The summed E-state index contributed by atoms with van der Waals surface area (Å²) in [5, 5.41) is 19.7. The molecule has 0 fully saturated rings. The lowest BCUT2D eigenvalue weighted by Gasteiger charge is -2.24. The second kappa shape index (κ2) is 14.5. The number of ether oxygens (including phenoxy) is 3. The average Bonchev–Trinajstić information content (AvgIpc) is 3.05. The highest BCUT2D eigenvalue weighted by Gasteiger charge is 2.22. The number of carbonyl (C=O) groups excluding carboxylic acids is 1. The number of methoxy groups -OCH3 is 2. The van der Waals surface area contributed by atoms with Crippen LogP contribution >= 0.6 is 0 Å².